The fraction of sp³-hybridized carbons (Fsp3) is 0.588. The first-order valence-corrected chi connectivity index (χ1v) is 9.07. The molecular weight excluding hydrogens is 483 g/mol. The van der Waals surface area contributed by atoms with Crippen LogP contribution in [0.25, 0.3) is 0 Å². The second-order valence-corrected chi connectivity index (χ2v) is 6.52. The highest BCUT2D eigenvalue weighted by molar-refractivity contribution is 14.0. The lowest BCUT2D eigenvalue weighted by Gasteiger charge is -2.20. The molecule has 1 aliphatic rings. The fourth-order valence-electron chi connectivity index (χ4n) is 2.68. The molecule has 1 fully saturated rings. The number of nitrogens with zero attached hydrogens (tertiary/aromatic N) is 2. The molecule has 0 amide bonds. The van der Waals surface area contributed by atoms with Gasteiger partial charge in [-0.1, -0.05) is 15.9 Å². The maximum atomic E-state index is 5.34. The summed E-state index contributed by atoms with van der Waals surface area (Å²) in [6.07, 6.45) is 2.11. The number of halogens is 2. The molecule has 0 aliphatic carbocycles. The van der Waals surface area contributed by atoms with Gasteiger partial charge in [0.15, 0.2) is 5.96 Å². The Bertz CT molecular complexity index is 498. The van der Waals surface area contributed by atoms with Gasteiger partial charge in [0.05, 0.1) is 0 Å². The average Bonchev–Trinajstić information content (AvgIpc) is 3.02. The molecule has 1 saturated heterocycles. The lowest BCUT2D eigenvalue weighted by molar-refractivity contribution is 0.145. The van der Waals surface area contributed by atoms with E-state index in [0.717, 1.165) is 56.1 Å². The minimum Gasteiger partial charge on any atom is -0.382 e. The fourth-order valence-corrected chi connectivity index (χ4v) is 2.94. The second-order valence-electron chi connectivity index (χ2n) is 5.60. The molecule has 0 radical (unpaired) electrons. The molecule has 1 aromatic rings. The number of rotatable bonds is 7. The molecule has 1 aliphatic heterocycles. The zero-order valence-corrected chi connectivity index (χ0v) is 18.3. The third-order valence-corrected chi connectivity index (χ3v) is 4.44. The molecule has 1 aromatic carbocycles. The second kappa shape index (κ2) is 11.9. The zero-order chi connectivity index (χ0) is 16.5. The van der Waals surface area contributed by atoms with Crippen LogP contribution < -0.4 is 15.5 Å². The molecule has 24 heavy (non-hydrogen) atoms. The van der Waals surface area contributed by atoms with Crippen molar-refractivity contribution < 1.29 is 4.74 Å². The van der Waals surface area contributed by atoms with Crippen molar-refractivity contribution >= 4 is 51.6 Å². The standard InChI is InChI=1S/C17H27BrN4O.HI/c1-3-23-12-4-10-20-17(19-2)21-15-9-11-22(13-15)16-7-5-14(18)6-8-16;/h5-8,15H,3-4,9-13H2,1-2H3,(H2,19,20,21);1H. The third-order valence-electron chi connectivity index (χ3n) is 3.91. The number of guanidine groups is 1. The van der Waals surface area contributed by atoms with Gasteiger partial charge in [-0.3, -0.25) is 4.99 Å². The molecule has 0 bridgehead atoms. The average molecular weight is 511 g/mol. The molecule has 1 atom stereocenters. The van der Waals surface area contributed by atoms with Crippen molar-refractivity contribution in [3.05, 3.63) is 28.7 Å². The summed E-state index contributed by atoms with van der Waals surface area (Å²) < 4.78 is 6.46. The van der Waals surface area contributed by atoms with Gasteiger partial charge in [0.1, 0.15) is 0 Å². The topological polar surface area (TPSA) is 48.9 Å². The van der Waals surface area contributed by atoms with Gasteiger partial charge in [0.2, 0.25) is 0 Å². The van der Waals surface area contributed by atoms with E-state index in [-0.39, 0.29) is 24.0 Å². The molecule has 0 spiro atoms. The van der Waals surface area contributed by atoms with Crippen molar-refractivity contribution in [2.45, 2.75) is 25.8 Å². The normalized spacial score (nSPS) is 17.5. The molecule has 2 rings (SSSR count). The lowest BCUT2D eigenvalue weighted by Crippen LogP contribution is -2.45. The number of hydrogen-bond donors (Lipinski definition) is 2. The molecule has 2 N–H and O–H groups in total. The Labute approximate surface area is 170 Å². The Morgan fingerprint density at radius 1 is 1.38 bits per heavy atom. The Morgan fingerprint density at radius 3 is 2.79 bits per heavy atom. The van der Waals surface area contributed by atoms with Crippen LogP contribution in [-0.4, -0.2) is 51.9 Å². The van der Waals surface area contributed by atoms with Gasteiger partial charge >= 0.3 is 0 Å². The molecule has 136 valence electrons. The van der Waals surface area contributed by atoms with E-state index in [4.69, 9.17) is 4.74 Å². The van der Waals surface area contributed by atoms with E-state index in [0.29, 0.717) is 6.04 Å². The number of nitrogens with one attached hydrogen (secondary N) is 2. The van der Waals surface area contributed by atoms with E-state index in [1.807, 2.05) is 14.0 Å². The predicted molar refractivity (Wildman–Crippen MR) is 116 cm³/mol. The minimum absolute atomic E-state index is 0. The summed E-state index contributed by atoms with van der Waals surface area (Å²) in [5.41, 5.74) is 1.28. The van der Waals surface area contributed by atoms with Crippen LogP contribution in [0.4, 0.5) is 5.69 Å². The molecule has 0 saturated carbocycles. The Morgan fingerprint density at radius 2 is 2.12 bits per heavy atom. The molecular formula is C17H28BrIN4O. The van der Waals surface area contributed by atoms with Gasteiger partial charge in [-0.25, -0.2) is 0 Å². The summed E-state index contributed by atoms with van der Waals surface area (Å²) in [6.45, 7) is 6.54. The first-order valence-electron chi connectivity index (χ1n) is 8.28. The van der Waals surface area contributed by atoms with Crippen LogP contribution in [0.5, 0.6) is 0 Å². The van der Waals surface area contributed by atoms with E-state index >= 15 is 0 Å². The first kappa shape index (κ1) is 21.5. The predicted octanol–water partition coefficient (Wildman–Crippen LogP) is 3.24. The number of aliphatic imine (C=N–C) groups is 1. The summed E-state index contributed by atoms with van der Waals surface area (Å²) in [6, 6.07) is 8.93. The number of anilines is 1. The number of ether oxygens (including phenoxy) is 1. The van der Waals surface area contributed by atoms with Gasteiger partial charge in [-0.2, -0.15) is 0 Å². The van der Waals surface area contributed by atoms with Gasteiger partial charge in [-0.15, -0.1) is 24.0 Å². The molecule has 1 heterocycles. The zero-order valence-electron chi connectivity index (χ0n) is 14.4. The van der Waals surface area contributed by atoms with Crippen molar-refractivity contribution in [2.75, 3.05) is 44.8 Å². The van der Waals surface area contributed by atoms with E-state index in [1.54, 1.807) is 0 Å². The van der Waals surface area contributed by atoms with Crippen molar-refractivity contribution in [1.82, 2.24) is 10.6 Å². The molecule has 0 aromatic heterocycles. The first-order chi connectivity index (χ1) is 11.2. The maximum absolute atomic E-state index is 5.34. The summed E-state index contributed by atoms with van der Waals surface area (Å²) in [5, 5.41) is 6.87. The van der Waals surface area contributed by atoms with Crippen LogP contribution >= 0.6 is 39.9 Å². The summed E-state index contributed by atoms with van der Waals surface area (Å²) >= 11 is 3.48. The molecule has 1 unspecified atom stereocenters. The van der Waals surface area contributed by atoms with Gasteiger partial charge in [0.25, 0.3) is 0 Å². The summed E-state index contributed by atoms with van der Waals surface area (Å²) in [7, 11) is 1.82. The number of hydrogen-bond acceptors (Lipinski definition) is 3. The number of benzene rings is 1. The minimum atomic E-state index is 0. The van der Waals surface area contributed by atoms with Crippen LogP contribution in [0.2, 0.25) is 0 Å². The monoisotopic (exact) mass is 510 g/mol. The SMILES string of the molecule is CCOCCCNC(=NC)NC1CCN(c2ccc(Br)cc2)C1.I. The van der Waals surface area contributed by atoms with Crippen LogP contribution in [0.15, 0.2) is 33.7 Å². The van der Waals surface area contributed by atoms with Crippen molar-refractivity contribution in [3.8, 4) is 0 Å². The molecule has 7 heteroatoms. The quantitative estimate of drug-likeness (QED) is 0.256. The van der Waals surface area contributed by atoms with Crippen molar-refractivity contribution in [3.63, 3.8) is 0 Å². The van der Waals surface area contributed by atoms with Crippen molar-refractivity contribution in [2.24, 2.45) is 4.99 Å². The smallest absolute Gasteiger partial charge is 0.191 e. The summed E-state index contributed by atoms with van der Waals surface area (Å²) in [5.74, 6) is 0.879. The molecule has 5 nitrogen and oxygen atoms in total. The van der Waals surface area contributed by atoms with Gasteiger partial charge in [-0.05, 0) is 44.0 Å². The van der Waals surface area contributed by atoms with Gasteiger partial charge in [0, 0.05) is 56.1 Å². The van der Waals surface area contributed by atoms with E-state index < -0.39 is 0 Å². The van der Waals surface area contributed by atoms with Crippen LogP contribution in [0.3, 0.4) is 0 Å². The van der Waals surface area contributed by atoms with E-state index in [2.05, 4.69) is 60.7 Å². The highest BCUT2D eigenvalue weighted by atomic mass is 127. The summed E-state index contributed by atoms with van der Waals surface area (Å²) in [4.78, 5) is 6.72. The highest BCUT2D eigenvalue weighted by Gasteiger charge is 2.23. The Kier molecular flexibility index (Phi) is 10.7. The lowest BCUT2D eigenvalue weighted by atomic mass is 10.3. The van der Waals surface area contributed by atoms with Crippen molar-refractivity contribution in [1.29, 1.82) is 0 Å². The highest BCUT2D eigenvalue weighted by Crippen LogP contribution is 2.22. The largest absolute Gasteiger partial charge is 0.382 e. The van der Waals surface area contributed by atoms with E-state index in [9.17, 15) is 0 Å². The van der Waals surface area contributed by atoms with Gasteiger partial charge < -0.3 is 20.3 Å². The van der Waals surface area contributed by atoms with Crippen LogP contribution in [0.1, 0.15) is 19.8 Å². The van der Waals surface area contributed by atoms with E-state index in [1.165, 1.54) is 5.69 Å². The maximum Gasteiger partial charge on any atom is 0.191 e. The van der Waals surface area contributed by atoms with Crippen LogP contribution in [0, 0.1) is 0 Å². The van der Waals surface area contributed by atoms with Crippen LogP contribution in [-0.2, 0) is 4.74 Å². The third kappa shape index (κ3) is 7.14. The Hall–Kier alpha value is -0.540. The Balaban J connectivity index is 0.00000288.